The normalized spacial score (nSPS) is 14.6. The molecule has 0 spiro atoms. The molecule has 0 fully saturated rings. The van der Waals surface area contributed by atoms with Crippen LogP contribution in [0, 0.1) is 0 Å². The summed E-state index contributed by atoms with van der Waals surface area (Å²) < 4.78 is 10.5. The minimum absolute atomic E-state index is 0.141. The van der Waals surface area contributed by atoms with E-state index in [0.29, 0.717) is 22.6 Å². The number of aromatic nitrogens is 1. The maximum atomic E-state index is 12.5. The van der Waals surface area contributed by atoms with Crippen LogP contribution >= 0.6 is 0 Å². The topological polar surface area (TPSA) is 92.5 Å². The van der Waals surface area contributed by atoms with Gasteiger partial charge in [-0.1, -0.05) is 0 Å². The quantitative estimate of drug-likeness (QED) is 0.599. The van der Waals surface area contributed by atoms with Crippen molar-refractivity contribution in [2.24, 2.45) is 0 Å². The molecule has 0 saturated carbocycles. The van der Waals surface area contributed by atoms with Crippen molar-refractivity contribution < 1.29 is 19.1 Å². The van der Waals surface area contributed by atoms with Crippen molar-refractivity contribution in [2.45, 2.75) is 25.7 Å². The lowest BCUT2D eigenvalue weighted by atomic mass is 9.95. The standard InChI is InChI=1S/C21H19N3O4/c25-20(23-24-21(26)13-6-8-18-19(10-13)28-11-27-18)12-5-7-17-15(9-12)14-3-1-2-4-16(14)22-17/h5-10,22H,1-4,11H2,(H,23,25)(H,24,26). The number of fused-ring (bicyclic) bond motifs is 4. The zero-order chi connectivity index (χ0) is 19.1. The Morgan fingerprint density at radius 3 is 2.43 bits per heavy atom. The lowest BCUT2D eigenvalue weighted by molar-refractivity contribution is 0.0846. The molecule has 3 aromatic rings. The summed E-state index contributed by atoms with van der Waals surface area (Å²) in [5, 5.41) is 1.09. The summed E-state index contributed by atoms with van der Waals surface area (Å²) >= 11 is 0. The van der Waals surface area contributed by atoms with E-state index in [9.17, 15) is 9.59 Å². The predicted octanol–water partition coefficient (Wildman–Crippen LogP) is 2.85. The van der Waals surface area contributed by atoms with Crippen molar-refractivity contribution in [3.8, 4) is 11.5 Å². The van der Waals surface area contributed by atoms with Crippen LogP contribution in [-0.4, -0.2) is 23.6 Å². The molecule has 7 nitrogen and oxygen atoms in total. The molecule has 7 heteroatoms. The summed E-state index contributed by atoms with van der Waals surface area (Å²) in [6.07, 6.45) is 4.44. The zero-order valence-corrected chi connectivity index (χ0v) is 15.1. The van der Waals surface area contributed by atoms with E-state index in [0.717, 1.165) is 23.7 Å². The highest BCUT2D eigenvalue weighted by atomic mass is 16.7. The number of nitrogens with one attached hydrogen (secondary N) is 3. The van der Waals surface area contributed by atoms with E-state index >= 15 is 0 Å². The van der Waals surface area contributed by atoms with E-state index in [1.807, 2.05) is 12.1 Å². The van der Waals surface area contributed by atoms with Gasteiger partial charge in [0.25, 0.3) is 11.8 Å². The largest absolute Gasteiger partial charge is 0.454 e. The molecule has 3 N–H and O–H groups in total. The first-order valence-electron chi connectivity index (χ1n) is 9.33. The van der Waals surface area contributed by atoms with Crippen LogP contribution in [0.2, 0.25) is 0 Å². The SMILES string of the molecule is O=C(NNC(=O)c1ccc2[nH]c3c(c2c1)CCCC3)c1ccc2c(c1)OCO2. The molecule has 142 valence electrons. The Morgan fingerprint density at radius 2 is 1.57 bits per heavy atom. The molecule has 2 aromatic carbocycles. The Bertz CT molecular complexity index is 1100. The number of hydrogen-bond donors (Lipinski definition) is 3. The number of carbonyl (C=O) groups excluding carboxylic acids is 2. The van der Waals surface area contributed by atoms with Crippen LogP contribution in [0.25, 0.3) is 10.9 Å². The Balaban J connectivity index is 1.30. The third kappa shape index (κ3) is 2.85. The number of aromatic amines is 1. The molecule has 0 saturated heterocycles. The highest BCUT2D eigenvalue weighted by molar-refractivity contribution is 6.01. The van der Waals surface area contributed by atoms with Gasteiger partial charge in [0, 0.05) is 27.7 Å². The van der Waals surface area contributed by atoms with Gasteiger partial charge in [-0.25, -0.2) is 0 Å². The van der Waals surface area contributed by atoms with Gasteiger partial charge in [0.1, 0.15) is 0 Å². The molecule has 0 unspecified atom stereocenters. The Hall–Kier alpha value is -3.48. The van der Waals surface area contributed by atoms with Crippen molar-refractivity contribution in [3.63, 3.8) is 0 Å². The average Bonchev–Trinajstić information content (AvgIpc) is 3.34. The van der Waals surface area contributed by atoms with Gasteiger partial charge in [-0.3, -0.25) is 20.4 Å². The van der Waals surface area contributed by atoms with Crippen molar-refractivity contribution in [1.82, 2.24) is 15.8 Å². The number of rotatable bonds is 2. The Labute approximate surface area is 161 Å². The van der Waals surface area contributed by atoms with Crippen molar-refractivity contribution in [2.75, 3.05) is 6.79 Å². The summed E-state index contributed by atoms with van der Waals surface area (Å²) in [6, 6.07) is 10.4. The van der Waals surface area contributed by atoms with E-state index in [1.165, 1.54) is 24.1 Å². The van der Waals surface area contributed by atoms with Gasteiger partial charge in [-0.15, -0.1) is 0 Å². The average molecular weight is 377 g/mol. The minimum Gasteiger partial charge on any atom is -0.454 e. The molecule has 28 heavy (non-hydrogen) atoms. The molecule has 2 aliphatic rings. The van der Waals surface area contributed by atoms with Crippen LogP contribution in [0.15, 0.2) is 36.4 Å². The van der Waals surface area contributed by atoms with Gasteiger partial charge < -0.3 is 14.5 Å². The number of hydrazine groups is 1. The molecule has 0 radical (unpaired) electrons. The second-order valence-corrected chi connectivity index (χ2v) is 7.03. The van der Waals surface area contributed by atoms with Crippen molar-refractivity contribution in [1.29, 1.82) is 0 Å². The van der Waals surface area contributed by atoms with Crippen LogP contribution in [0.4, 0.5) is 0 Å². The smallest absolute Gasteiger partial charge is 0.269 e. The lowest BCUT2D eigenvalue weighted by Gasteiger charge is -2.11. The molecule has 1 aliphatic heterocycles. The number of benzene rings is 2. The highest BCUT2D eigenvalue weighted by Gasteiger charge is 2.18. The van der Waals surface area contributed by atoms with Gasteiger partial charge >= 0.3 is 0 Å². The van der Waals surface area contributed by atoms with E-state index < -0.39 is 5.91 Å². The highest BCUT2D eigenvalue weighted by Crippen LogP contribution is 2.32. The Kier molecular flexibility index (Phi) is 3.93. The van der Waals surface area contributed by atoms with E-state index in [-0.39, 0.29) is 12.7 Å². The number of carbonyl (C=O) groups is 2. The summed E-state index contributed by atoms with van der Waals surface area (Å²) in [4.78, 5) is 28.3. The number of amides is 2. The molecule has 1 aromatic heterocycles. The van der Waals surface area contributed by atoms with Crippen LogP contribution < -0.4 is 20.3 Å². The number of aryl methyl sites for hydroxylation is 2. The molecular formula is C21H19N3O4. The second kappa shape index (κ2) is 6.60. The van der Waals surface area contributed by atoms with Crippen LogP contribution in [-0.2, 0) is 12.8 Å². The van der Waals surface area contributed by atoms with Gasteiger partial charge in [0.15, 0.2) is 11.5 Å². The van der Waals surface area contributed by atoms with Crippen molar-refractivity contribution >= 4 is 22.7 Å². The first-order valence-corrected chi connectivity index (χ1v) is 9.33. The van der Waals surface area contributed by atoms with Crippen molar-refractivity contribution in [3.05, 3.63) is 58.8 Å². The molecule has 0 bridgehead atoms. The first-order chi connectivity index (χ1) is 13.7. The van der Waals surface area contributed by atoms with E-state index in [4.69, 9.17) is 9.47 Å². The van der Waals surface area contributed by atoms with Crippen LogP contribution in [0.1, 0.15) is 44.8 Å². The summed E-state index contributed by atoms with van der Waals surface area (Å²) in [5.41, 5.74) is 9.44. The third-order valence-corrected chi connectivity index (χ3v) is 5.28. The maximum Gasteiger partial charge on any atom is 0.269 e. The molecule has 1 aliphatic carbocycles. The van der Waals surface area contributed by atoms with Gasteiger partial charge in [0.2, 0.25) is 6.79 Å². The van der Waals surface area contributed by atoms with Gasteiger partial charge in [-0.2, -0.15) is 0 Å². The third-order valence-electron chi connectivity index (χ3n) is 5.28. The maximum absolute atomic E-state index is 12.5. The Morgan fingerprint density at radius 1 is 0.857 bits per heavy atom. The summed E-state index contributed by atoms with van der Waals surface area (Å²) in [7, 11) is 0. The van der Waals surface area contributed by atoms with Gasteiger partial charge in [-0.05, 0) is 67.6 Å². The molecule has 2 heterocycles. The summed E-state index contributed by atoms with van der Waals surface area (Å²) in [5.74, 6) is 0.332. The predicted molar refractivity (Wildman–Crippen MR) is 102 cm³/mol. The van der Waals surface area contributed by atoms with E-state index in [1.54, 1.807) is 24.3 Å². The van der Waals surface area contributed by atoms with Crippen LogP contribution in [0.5, 0.6) is 11.5 Å². The fourth-order valence-electron chi connectivity index (χ4n) is 3.84. The first kappa shape index (κ1) is 16.7. The second-order valence-electron chi connectivity index (χ2n) is 7.03. The fourth-order valence-corrected chi connectivity index (χ4v) is 3.84. The number of ether oxygens (including phenoxy) is 2. The molecular weight excluding hydrogens is 358 g/mol. The number of hydrogen-bond acceptors (Lipinski definition) is 4. The minimum atomic E-state index is -0.424. The monoisotopic (exact) mass is 377 g/mol. The van der Waals surface area contributed by atoms with Gasteiger partial charge in [0.05, 0.1) is 0 Å². The summed E-state index contributed by atoms with van der Waals surface area (Å²) in [6.45, 7) is 0.141. The van der Waals surface area contributed by atoms with E-state index in [2.05, 4.69) is 15.8 Å². The van der Waals surface area contributed by atoms with Crippen LogP contribution in [0.3, 0.4) is 0 Å². The molecule has 0 atom stereocenters. The lowest BCUT2D eigenvalue weighted by Crippen LogP contribution is -2.41. The molecule has 5 rings (SSSR count). The number of H-pyrrole nitrogens is 1. The zero-order valence-electron chi connectivity index (χ0n) is 15.1. The fraction of sp³-hybridized carbons (Fsp3) is 0.238. The molecule has 2 amide bonds.